The summed E-state index contributed by atoms with van der Waals surface area (Å²) < 4.78 is 5.12. The van der Waals surface area contributed by atoms with Gasteiger partial charge in [-0.25, -0.2) is 0 Å². The maximum atomic E-state index is 10.2. The van der Waals surface area contributed by atoms with Crippen molar-refractivity contribution in [1.29, 1.82) is 0 Å². The minimum Gasteiger partial charge on any atom is -0.481 e. The molecule has 0 amide bonds. The number of aliphatic carboxylic acids is 1. The second-order valence-corrected chi connectivity index (χ2v) is 4.91. The molecular formula is C16H25NO4. The van der Waals surface area contributed by atoms with Crippen molar-refractivity contribution in [2.45, 2.75) is 19.3 Å². The van der Waals surface area contributed by atoms with E-state index in [4.69, 9.17) is 14.9 Å². The normalized spacial score (nSPS) is 15.1. The van der Waals surface area contributed by atoms with Crippen LogP contribution in [-0.2, 0) is 16.0 Å². The number of aliphatic hydroxyl groups excluding tert-OH is 1. The zero-order valence-electron chi connectivity index (χ0n) is 12.4. The maximum absolute atomic E-state index is 10.2. The predicted octanol–water partition coefficient (Wildman–Crippen LogP) is 1.40. The molecule has 1 aromatic carbocycles. The number of aliphatic hydroxyl groups is 1. The van der Waals surface area contributed by atoms with Gasteiger partial charge in [0.2, 0.25) is 0 Å². The number of aryl methyl sites for hydroxylation is 1. The second kappa shape index (κ2) is 11.3. The van der Waals surface area contributed by atoms with Gasteiger partial charge in [0.05, 0.1) is 19.8 Å². The van der Waals surface area contributed by atoms with Crippen LogP contribution < -0.4 is 0 Å². The first-order chi connectivity index (χ1) is 10.2. The summed E-state index contributed by atoms with van der Waals surface area (Å²) in [5.74, 6) is -0.717. The lowest BCUT2D eigenvalue weighted by atomic mass is 10.1. The van der Waals surface area contributed by atoms with Crippen molar-refractivity contribution < 1.29 is 19.7 Å². The number of carboxylic acid groups (broad SMARTS) is 1. The number of benzene rings is 1. The third-order valence-electron chi connectivity index (χ3n) is 3.22. The molecule has 0 aromatic heterocycles. The fourth-order valence-corrected chi connectivity index (χ4v) is 2.05. The highest BCUT2D eigenvalue weighted by Crippen LogP contribution is 2.03. The second-order valence-electron chi connectivity index (χ2n) is 4.91. The van der Waals surface area contributed by atoms with E-state index in [1.54, 1.807) is 0 Å². The monoisotopic (exact) mass is 295 g/mol. The van der Waals surface area contributed by atoms with E-state index in [-0.39, 0.29) is 13.0 Å². The van der Waals surface area contributed by atoms with E-state index in [1.165, 1.54) is 5.56 Å². The molecule has 1 saturated heterocycles. The van der Waals surface area contributed by atoms with Gasteiger partial charge in [0.25, 0.3) is 0 Å². The maximum Gasteiger partial charge on any atom is 0.303 e. The van der Waals surface area contributed by atoms with Crippen molar-refractivity contribution in [3.63, 3.8) is 0 Å². The molecule has 0 radical (unpaired) electrons. The van der Waals surface area contributed by atoms with Crippen molar-refractivity contribution in [2.24, 2.45) is 0 Å². The zero-order chi connectivity index (χ0) is 15.3. The quantitative estimate of drug-likeness (QED) is 0.830. The fourth-order valence-electron chi connectivity index (χ4n) is 2.05. The van der Waals surface area contributed by atoms with Crippen LogP contribution in [0.3, 0.4) is 0 Å². The summed E-state index contributed by atoms with van der Waals surface area (Å²) >= 11 is 0. The first-order valence-electron chi connectivity index (χ1n) is 7.39. The van der Waals surface area contributed by atoms with Crippen molar-refractivity contribution in [1.82, 2.24) is 4.90 Å². The number of β-amino-alcohol motifs (C(OH)–C–C–N with tert-alkyl or cyclic N) is 1. The Labute approximate surface area is 126 Å². The molecule has 5 heteroatoms. The van der Waals surface area contributed by atoms with E-state index < -0.39 is 5.97 Å². The van der Waals surface area contributed by atoms with Gasteiger partial charge in [-0.15, -0.1) is 0 Å². The van der Waals surface area contributed by atoms with E-state index in [9.17, 15) is 4.79 Å². The summed E-state index contributed by atoms with van der Waals surface area (Å²) in [5, 5.41) is 16.9. The van der Waals surface area contributed by atoms with Gasteiger partial charge in [0.15, 0.2) is 0 Å². The van der Waals surface area contributed by atoms with Crippen LogP contribution in [-0.4, -0.2) is 60.5 Å². The lowest BCUT2D eigenvalue weighted by molar-refractivity contribution is -0.137. The highest BCUT2D eigenvalue weighted by Gasteiger charge is 2.07. The summed E-state index contributed by atoms with van der Waals surface area (Å²) in [6, 6.07) is 9.93. The van der Waals surface area contributed by atoms with E-state index >= 15 is 0 Å². The third kappa shape index (κ3) is 9.18. The molecule has 1 aliphatic rings. The number of carbonyl (C=O) groups is 1. The van der Waals surface area contributed by atoms with Crippen LogP contribution in [0.5, 0.6) is 0 Å². The zero-order valence-corrected chi connectivity index (χ0v) is 12.4. The molecule has 1 aliphatic heterocycles. The Morgan fingerprint density at radius 2 is 1.86 bits per heavy atom. The van der Waals surface area contributed by atoms with Gasteiger partial charge in [0.1, 0.15) is 0 Å². The number of hydrogen-bond acceptors (Lipinski definition) is 4. The number of morpholine rings is 1. The van der Waals surface area contributed by atoms with E-state index in [0.29, 0.717) is 0 Å². The number of hydrogen-bond donors (Lipinski definition) is 2. The summed E-state index contributed by atoms with van der Waals surface area (Å²) in [6.45, 7) is 4.64. The van der Waals surface area contributed by atoms with E-state index in [1.807, 2.05) is 30.3 Å². The Bertz CT molecular complexity index is 374. The molecule has 0 atom stereocenters. The Morgan fingerprint density at radius 1 is 1.19 bits per heavy atom. The minimum atomic E-state index is -0.717. The first kappa shape index (κ1) is 17.6. The third-order valence-corrected chi connectivity index (χ3v) is 3.22. The van der Waals surface area contributed by atoms with Crippen LogP contribution in [0.4, 0.5) is 0 Å². The molecule has 0 spiro atoms. The fraction of sp³-hybridized carbons (Fsp3) is 0.562. The molecule has 1 heterocycles. The average molecular weight is 295 g/mol. The molecule has 2 N–H and O–H groups in total. The van der Waals surface area contributed by atoms with Crippen LogP contribution in [0.25, 0.3) is 0 Å². The van der Waals surface area contributed by atoms with Gasteiger partial charge >= 0.3 is 5.97 Å². The van der Waals surface area contributed by atoms with E-state index in [2.05, 4.69) is 4.90 Å². The lowest BCUT2D eigenvalue weighted by Gasteiger charge is -2.25. The molecule has 0 bridgehead atoms. The van der Waals surface area contributed by atoms with E-state index in [0.717, 1.165) is 45.7 Å². The smallest absolute Gasteiger partial charge is 0.303 e. The van der Waals surface area contributed by atoms with Gasteiger partial charge in [-0.2, -0.15) is 0 Å². The van der Waals surface area contributed by atoms with Crippen LogP contribution in [0.1, 0.15) is 18.4 Å². The molecule has 1 aromatic rings. The van der Waals surface area contributed by atoms with Crippen molar-refractivity contribution >= 4 is 5.97 Å². The Balaban J connectivity index is 0.000000219. The molecule has 0 saturated carbocycles. The molecule has 1 fully saturated rings. The molecule has 0 unspecified atom stereocenters. The standard InChI is InChI=1S/C10H12O2.C6H13NO2/c11-10(12)8-4-7-9-5-2-1-3-6-9;8-4-1-7-2-5-9-6-3-7/h1-3,5-6H,4,7-8H2,(H,11,12);8H,1-6H2. The molecule has 21 heavy (non-hydrogen) atoms. The van der Waals surface area contributed by atoms with Crippen molar-refractivity contribution in [3.05, 3.63) is 35.9 Å². The van der Waals surface area contributed by atoms with Crippen molar-refractivity contribution in [2.75, 3.05) is 39.5 Å². The number of ether oxygens (including phenoxy) is 1. The predicted molar refractivity (Wildman–Crippen MR) is 81.4 cm³/mol. The molecule has 5 nitrogen and oxygen atoms in total. The topological polar surface area (TPSA) is 70.0 Å². The summed E-state index contributed by atoms with van der Waals surface area (Å²) in [6.07, 6.45) is 1.83. The molecular weight excluding hydrogens is 270 g/mol. The molecule has 118 valence electrons. The Morgan fingerprint density at radius 3 is 2.43 bits per heavy atom. The molecule has 0 aliphatic carbocycles. The van der Waals surface area contributed by atoms with Gasteiger partial charge < -0.3 is 14.9 Å². The highest BCUT2D eigenvalue weighted by atomic mass is 16.5. The van der Waals surface area contributed by atoms with Crippen LogP contribution in [0.15, 0.2) is 30.3 Å². The lowest BCUT2D eigenvalue weighted by Crippen LogP contribution is -2.37. The first-order valence-corrected chi connectivity index (χ1v) is 7.39. The van der Waals surface area contributed by atoms with Gasteiger partial charge in [-0.1, -0.05) is 30.3 Å². The average Bonchev–Trinajstić information content (AvgIpc) is 2.50. The van der Waals surface area contributed by atoms with Crippen LogP contribution in [0, 0.1) is 0 Å². The van der Waals surface area contributed by atoms with Crippen LogP contribution >= 0.6 is 0 Å². The SMILES string of the molecule is O=C(O)CCCc1ccccc1.OCCN1CCOCC1. The van der Waals surface area contributed by atoms with Gasteiger partial charge in [-0.05, 0) is 18.4 Å². The number of nitrogens with zero attached hydrogens (tertiary/aromatic N) is 1. The summed E-state index contributed by atoms with van der Waals surface area (Å²) in [4.78, 5) is 12.4. The highest BCUT2D eigenvalue weighted by molar-refractivity contribution is 5.66. The summed E-state index contributed by atoms with van der Waals surface area (Å²) in [7, 11) is 0. The minimum absolute atomic E-state index is 0.259. The van der Waals surface area contributed by atoms with Crippen LogP contribution in [0.2, 0.25) is 0 Å². The van der Waals surface area contributed by atoms with Gasteiger partial charge in [0, 0.05) is 26.1 Å². The Hall–Kier alpha value is -1.43. The number of carboxylic acids is 1. The van der Waals surface area contributed by atoms with Crippen molar-refractivity contribution in [3.8, 4) is 0 Å². The van der Waals surface area contributed by atoms with Gasteiger partial charge in [-0.3, -0.25) is 9.69 Å². The Kier molecular flexibility index (Phi) is 9.44. The largest absolute Gasteiger partial charge is 0.481 e. The summed E-state index contributed by atoms with van der Waals surface area (Å²) in [5.41, 5.74) is 1.21. The molecule has 2 rings (SSSR count). The number of rotatable bonds is 6.